The van der Waals surface area contributed by atoms with Crippen molar-refractivity contribution >= 4 is 11.9 Å². The number of aromatic nitrogens is 1. The Labute approximate surface area is 86.4 Å². The fourth-order valence-electron chi connectivity index (χ4n) is 1.37. The highest BCUT2D eigenvalue weighted by molar-refractivity contribution is 5.72. The van der Waals surface area contributed by atoms with Crippen LogP contribution in [0.25, 0.3) is 0 Å². The minimum absolute atomic E-state index is 0.184. The number of carboxylic acids is 2. The molecule has 2 N–H and O–H groups in total. The molecule has 0 unspecified atom stereocenters. The molecule has 5 heteroatoms. The molecule has 1 aromatic rings. The number of carboxylic acid groups (broad SMARTS) is 2. The predicted octanol–water partition coefficient (Wildman–Crippen LogP) is 1.11. The molecule has 1 rings (SSSR count). The molecule has 0 amide bonds. The van der Waals surface area contributed by atoms with E-state index in [1.54, 1.807) is 12.1 Å². The quantitative estimate of drug-likeness (QED) is 0.758. The SMILES string of the molecule is O=C(O)CC(CC(=O)O)c1ccncc1. The van der Waals surface area contributed by atoms with Crippen molar-refractivity contribution in [2.75, 3.05) is 0 Å². The van der Waals surface area contributed by atoms with Crippen LogP contribution in [-0.2, 0) is 9.59 Å². The largest absolute Gasteiger partial charge is 0.481 e. The van der Waals surface area contributed by atoms with Gasteiger partial charge in [-0.05, 0) is 17.7 Å². The summed E-state index contributed by atoms with van der Waals surface area (Å²) in [5.74, 6) is -2.50. The molecule has 0 saturated carbocycles. The first-order chi connectivity index (χ1) is 7.09. The van der Waals surface area contributed by atoms with Crippen LogP contribution in [0.5, 0.6) is 0 Å². The molecule has 0 aromatic carbocycles. The van der Waals surface area contributed by atoms with Crippen LogP contribution in [0.2, 0.25) is 0 Å². The third-order valence-electron chi connectivity index (χ3n) is 2.02. The normalized spacial score (nSPS) is 10.2. The van der Waals surface area contributed by atoms with Crippen molar-refractivity contribution in [1.29, 1.82) is 0 Å². The van der Waals surface area contributed by atoms with E-state index >= 15 is 0 Å². The van der Waals surface area contributed by atoms with Gasteiger partial charge >= 0.3 is 11.9 Å². The maximum absolute atomic E-state index is 10.6. The number of carbonyl (C=O) groups is 2. The van der Waals surface area contributed by atoms with Gasteiger partial charge in [0, 0.05) is 18.3 Å². The molecular weight excluding hydrogens is 198 g/mol. The Bertz CT molecular complexity index is 334. The fraction of sp³-hybridized carbons (Fsp3) is 0.300. The highest BCUT2D eigenvalue weighted by Crippen LogP contribution is 2.22. The van der Waals surface area contributed by atoms with E-state index in [1.165, 1.54) is 12.4 Å². The molecule has 0 fully saturated rings. The van der Waals surface area contributed by atoms with Crippen LogP contribution in [0.1, 0.15) is 24.3 Å². The summed E-state index contributed by atoms with van der Waals surface area (Å²) >= 11 is 0. The van der Waals surface area contributed by atoms with Crippen molar-refractivity contribution < 1.29 is 19.8 Å². The second kappa shape index (κ2) is 5.09. The molecule has 0 atom stereocenters. The number of aliphatic carboxylic acids is 2. The molecular formula is C10H11NO4. The van der Waals surface area contributed by atoms with Gasteiger partial charge in [0.25, 0.3) is 0 Å². The van der Waals surface area contributed by atoms with Crippen molar-refractivity contribution in [1.82, 2.24) is 4.98 Å². The summed E-state index contributed by atoms with van der Waals surface area (Å²) in [5.41, 5.74) is 0.690. The Morgan fingerprint density at radius 3 is 2.00 bits per heavy atom. The van der Waals surface area contributed by atoms with E-state index < -0.39 is 17.9 Å². The second-order valence-electron chi connectivity index (χ2n) is 3.17. The van der Waals surface area contributed by atoms with Gasteiger partial charge in [0.2, 0.25) is 0 Å². The lowest BCUT2D eigenvalue weighted by Crippen LogP contribution is -2.11. The monoisotopic (exact) mass is 209 g/mol. The van der Waals surface area contributed by atoms with Gasteiger partial charge in [0.05, 0.1) is 12.8 Å². The molecule has 0 spiro atoms. The summed E-state index contributed by atoms with van der Waals surface area (Å²) in [5, 5.41) is 17.3. The first-order valence-corrected chi connectivity index (χ1v) is 4.43. The van der Waals surface area contributed by atoms with E-state index in [9.17, 15) is 9.59 Å². The summed E-state index contributed by atoms with van der Waals surface area (Å²) in [6, 6.07) is 3.27. The predicted molar refractivity (Wildman–Crippen MR) is 51.5 cm³/mol. The van der Waals surface area contributed by atoms with E-state index in [4.69, 9.17) is 10.2 Å². The zero-order chi connectivity index (χ0) is 11.3. The Kier molecular flexibility index (Phi) is 3.79. The zero-order valence-corrected chi connectivity index (χ0v) is 7.96. The molecule has 15 heavy (non-hydrogen) atoms. The summed E-state index contributed by atoms with van der Waals surface area (Å²) in [6.45, 7) is 0. The summed E-state index contributed by atoms with van der Waals surface area (Å²) < 4.78 is 0. The molecule has 5 nitrogen and oxygen atoms in total. The minimum Gasteiger partial charge on any atom is -0.481 e. The fourth-order valence-corrected chi connectivity index (χ4v) is 1.37. The molecule has 80 valence electrons. The minimum atomic E-state index is -1.00. The maximum atomic E-state index is 10.6. The van der Waals surface area contributed by atoms with Gasteiger partial charge in [-0.25, -0.2) is 0 Å². The number of nitrogens with zero attached hydrogens (tertiary/aromatic N) is 1. The van der Waals surface area contributed by atoms with Crippen molar-refractivity contribution in [3.8, 4) is 0 Å². The van der Waals surface area contributed by atoms with Crippen molar-refractivity contribution in [3.05, 3.63) is 30.1 Å². The lowest BCUT2D eigenvalue weighted by molar-refractivity contribution is -0.139. The molecule has 0 aliphatic heterocycles. The van der Waals surface area contributed by atoms with Gasteiger partial charge in [0.15, 0.2) is 0 Å². The smallest absolute Gasteiger partial charge is 0.303 e. The molecule has 1 heterocycles. The Hall–Kier alpha value is -1.91. The van der Waals surface area contributed by atoms with Crippen LogP contribution in [0.3, 0.4) is 0 Å². The topological polar surface area (TPSA) is 87.5 Å². The molecule has 0 bridgehead atoms. The van der Waals surface area contributed by atoms with Crippen LogP contribution in [0.4, 0.5) is 0 Å². The lowest BCUT2D eigenvalue weighted by atomic mass is 9.93. The van der Waals surface area contributed by atoms with E-state index in [1.807, 2.05) is 0 Å². The number of pyridine rings is 1. The maximum Gasteiger partial charge on any atom is 0.303 e. The Morgan fingerprint density at radius 2 is 1.60 bits per heavy atom. The van der Waals surface area contributed by atoms with Crippen LogP contribution in [0, 0.1) is 0 Å². The summed E-state index contributed by atoms with van der Waals surface area (Å²) in [7, 11) is 0. The Balaban J connectivity index is 2.81. The van der Waals surface area contributed by atoms with Gasteiger partial charge in [-0.2, -0.15) is 0 Å². The number of rotatable bonds is 5. The molecule has 0 saturated heterocycles. The van der Waals surface area contributed by atoms with Crippen molar-refractivity contribution in [2.24, 2.45) is 0 Å². The third kappa shape index (κ3) is 3.76. The first kappa shape index (κ1) is 11.2. The third-order valence-corrected chi connectivity index (χ3v) is 2.02. The molecule has 0 radical (unpaired) electrons. The Morgan fingerprint density at radius 1 is 1.13 bits per heavy atom. The van der Waals surface area contributed by atoms with Gasteiger partial charge < -0.3 is 10.2 Å². The number of hydrogen-bond acceptors (Lipinski definition) is 3. The first-order valence-electron chi connectivity index (χ1n) is 4.43. The summed E-state index contributed by atoms with van der Waals surface area (Å²) in [6.07, 6.45) is 2.67. The highest BCUT2D eigenvalue weighted by Gasteiger charge is 2.18. The summed E-state index contributed by atoms with van der Waals surface area (Å²) in [4.78, 5) is 24.9. The van der Waals surface area contributed by atoms with Crippen LogP contribution < -0.4 is 0 Å². The van der Waals surface area contributed by atoms with Gasteiger partial charge in [0.1, 0.15) is 0 Å². The highest BCUT2D eigenvalue weighted by atomic mass is 16.4. The lowest BCUT2D eigenvalue weighted by Gasteiger charge is -2.11. The van der Waals surface area contributed by atoms with E-state index in [0.717, 1.165) is 0 Å². The van der Waals surface area contributed by atoms with Crippen LogP contribution in [0.15, 0.2) is 24.5 Å². The number of hydrogen-bond donors (Lipinski definition) is 2. The second-order valence-corrected chi connectivity index (χ2v) is 3.17. The standard InChI is InChI=1S/C10H11NO4/c12-9(13)5-8(6-10(14)15)7-1-3-11-4-2-7/h1-4,8H,5-6H2,(H,12,13)(H,14,15). The van der Waals surface area contributed by atoms with Gasteiger partial charge in [-0.15, -0.1) is 0 Å². The van der Waals surface area contributed by atoms with E-state index in [0.29, 0.717) is 5.56 Å². The van der Waals surface area contributed by atoms with Gasteiger partial charge in [-0.1, -0.05) is 0 Å². The van der Waals surface area contributed by atoms with Gasteiger partial charge in [-0.3, -0.25) is 14.6 Å². The zero-order valence-electron chi connectivity index (χ0n) is 7.96. The average Bonchev–Trinajstić information content (AvgIpc) is 2.17. The van der Waals surface area contributed by atoms with Crippen LogP contribution >= 0.6 is 0 Å². The molecule has 0 aliphatic rings. The van der Waals surface area contributed by atoms with E-state index in [2.05, 4.69) is 4.98 Å². The average molecular weight is 209 g/mol. The molecule has 0 aliphatic carbocycles. The van der Waals surface area contributed by atoms with Crippen molar-refractivity contribution in [2.45, 2.75) is 18.8 Å². The van der Waals surface area contributed by atoms with E-state index in [-0.39, 0.29) is 12.8 Å². The van der Waals surface area contributed by atoms with Crippen molar-refractivity contribution in [3.63, 3.8) is 0 Å². The van der Waals surface area contributed by atoms with Crippen LogP contribution in [-0.4, -0.2) is 27.1 Å². The molecule has 1 aromatic heterocycles.